The number of para-hydroxylation sites is 2. The van der Waals surface area contributed by atoms with Crippen molar-refractivity contribution in [3.63, 3.8) is 0 Å². The van der Waals surface area contributed by atoms with Gasteiger partial charge < -0.3 is 20.4 Å². The van der Waals surface area contributed by atoms with E-state index in [4.69, 9.17) is 0 Å². The van der Waals surface area contributed by atoms with E-state index < -0.39 is 23.0 Å². The highest BCUT2D eigenvalue weighted by Gasteiger charge is 2.34. The predicted octanol–water partition coefficient (Wildman–Crippen LogP) is 4.62. The van der Waals surface area contributed by atoms with Crippen LogP contribution >= 0.6 is 0 Å². The zero-order valence-electron chi connectivity index (χ0n) is 16.5. The summed E-state index contributed by atoms with van der Waals surface area (Å²) in [6.45, 7) is 0. The molecule has 0 saturated heterocycles. The molecule has 0 saturated carbocycles. The average molecular weight is 424 g/mol. The van der Waals surface area contributed by atoms with Crippen molar-refractivity contribution in [1.29, 1.82) is 0 Å². The Kier molecular flexibility index (Phi) is 4.23. The lowest BCUT2D eigenvalue weighted by atomic mass is 9.77. The van der Waals surface area contributed by atoms with Crippen LogP contribution in [0.25, 0.3) is 22.3 Å². The molecule has 4 aromatic rings. The summed E-state index contributed by atoms with van der Waals surface area (Å²) in [5.41, 5.74) is 1.49. The molecule has 4 N–H and O–H groups in total. The molecule has 0 bridgehead atoms. The van der Waals surface area contributed by atoms with Gasteiger partial charge in [-0.05, 0) is 23.8 Å². The highest BCUT2D eigenvalue weighted by Crippen LogP contribution is 2.48. The first kappa shape index (κ1) is 19.4. The van der Waals surface area contributed by atoms with Gasteiger partial charge in [0.2, 0.25) is 0 Å². The third kappa shape index (κ3) is 2.66. The summed E-state index contributed by atoms with van der Waals surface area (Å²) < 4.78 is 0. The molecule has 1 aliphatic carbocycles. The van der Waals surface area contributed by atoms with Gasteiger partial charge >= 0.3 is 0 Å². The Morgan fingerprint density at radius 3 is 1.56 bits per heavy atom. The molecular formula is C26H16O6. The second-order valence-corrected chi connectivity index (χ2v) is 7.46. The number of phenols is 4. The van der Waals surface area contributed by atoms with Crippen LogP contribution in [-0.2, 0) is 0 Å². The fourth-order valence-electron chi connectivity index (χ4n) is 4.17. The van der Waals surface area contributed by atoms with Gasteiger partial charge in [0.1, 0.15) is 0 Å². The van der Waals surface area contributed by atoms with Crippen LogP contribution in [0.1, 0.15) is 31.8 Å². The van der Waals surface area contributed by atoms with Crippen molar-refractivity contribution >= 4 is 11.6 Å². The van der Waals surface area contributed by atoms with Gasteiger partial charge in [-0.3, -0.25) is 9.59 Å². The number of rotatable bonds is 2. The van der Waals surface area contributed by atoms with Crippen LogP contribution in [0, 0.1) is 0 Å². The summed E-state index contributed by atoms with van der Waals surface area (Å²) in [6.07, 6.45) is 0. The number of hydrogen-bond donors (Lipinski definition) is 4. The average Bonchev–Trinajstić information content (AvgIpc) is 2.80. The molecule has 0 amide bonds. The Hall–Kier alpha value is -4.58. The molecule has 32 heavy (non-hydrogen) atoms. The Balaban J connectivity index is 1.93. The number of phenolic OH excluding ortho intramolecular Hbond substituents is 4. The molecule has 156 valence electrons. The lowest BCUT2D eigenvalue weighted by molar-refractivity contribution is 0.0979. The van der Waals surface area contributed by atoms with E-state index in [-0.39, 0.29) is 50.5 Å². The van der Waals surface area contributed by atoms with Crippen molar-refractivity contribution in [2.45, 2.75) is 0 Å². The summed E-state index contributed by atoms with van der Waals surface area (Å²) in [4.78, 5) is 26.8. The fraction of sp³-hybridized carbons (Fsp3) is 0. The zero-order chi connectivity index (χ0) is 22.6. The van der Waals surface area contributed by atoms with E-state index >= 15 is 0 Å². The first-order valence-corrected chi connectivity index (χ1v) is 9.78. The summed E-state index contributed by atoms with van der Waals surface area (Å²) in [7, 11) is 0. The van der Waals surface area contributed by atoms with E-state index in [0.717, 1.165) is 0 Å². The van der Waals surface area contributed by atoms with Crippen molar-refractivity contribution in [3.8, 4) is 45.3 Å². The Morgan fingerprint density at radius 1 is 0.406 bits per heavy atom. The lowest BCUT2D eigenvalue weighted by Crippen LogP contribution is -2.22. The van der Waals surface area contributed by atoms with E-state index in [2.05, 4.69) is 0 Å². The van der Waals surface area contributed by atoms with E-state index in [1.807, 2.05) is 0 Å². The smallest absolute Gasteiger partial charge is 0.195 e. The van der Waals surface area contributed by atoms with Crippen molar-refractivity contribution < 1.29 is 30.0 Å². The molecule has 1 aliphatic rings. The Bertz CT molecular complexity index is 1450. The molecule has 0 unspecified atom stereocenters. The van der Waals surface area contributed by atoms with Crippen molar-refractivity contribution in [2.24, 2.45) is 0 Å². The first-order valence-electron chi connectivity index (χ1n) is 9.78. The minimum Gasteiger partial charge on any atom is -0.504 e. The SMILES string of the molecule is O=C1c2ccccc2C(=O)c2c1ccc(-c1cccc(O)c1O)c2-c1cccc(O)c1O. The summed E-state index contributed by atoms with van der Waals surface area (Å²) in [5, 5.41) is 41.3. The van der Waals surface area contributed by atoms with Crippen LogP contribution in [0.2, 0.25) is 0 Å². The third-order valence-electron chi connectivity index (χ3n) is 5.68. The monoisotopic (exact) mass is 424 g/mol. The van der Waals surface area contributed by atoms with Crippen LogP contribution < -0.4 is 0 Å². The minimum atomic E-state index is -0.471. The van der Waals surface area contributed by atoms with Crippen LogP contribution in [0.3, 0.4) is 0 Å². The molecule has 0 fully saturated rings. The molecule has 0 spiro atoms. The number of carbonyl (C=O) groups is 2. The molecule has 0 atom stereocenters. The number of benzene rings is 4. The maximum absolute atomic E-state index is 13.6. The highest BCUT2D eigenvalue weighted by molar-refractivity contribution is 6.31. The number of ketones is 2. The first-order chi connectivity index (χ1) is 15.4. The second-order valence-electron chi connectivity index (χ2n) is 7.46. The quantitative estimate of drug-likeness (QED) is 0.308. The fourth-order valence-corrected chi connectivity index (χ4v) is 4.17. The van der Waals surface area contributed by atoms with Crippen LogP contribution in [-0.4, -0.2) is 32.0 Å². The number of carbonyl (C=O) groups excluding carboxylic acids is 2. The maximum atomic E-state index is 13.6. The molecule has 0 radical (unpaired) electrons. The normalized spacial score (nSPS) is 12.4. The third-order valence-corrected chi connectivity index (χ3v) is 5.68. The minimum absolute atomic E-state index is 0.0508. The van der Waals surface area contributed by atoms with Gasteiger partial charge in [0.15, 0.2) is 34.6 Å². The van der Waals surface area contributed by atoms with E-state index in [1.165, 1.54) is 36.4 Å². The van der Waals surface area contributed by atoms with Crippen molar-refractivity contribution in [3.05, 3.63) is 95.1 Å². The largest absolute Gasteiger partial charge is 0.504 e. The van der Waals surface area contributed by atoms with Gasteiger partial charge in [0, 0.05) is 38.9 Å². The molecule has 6 nitrogen and oxygen atoms in total. The van der Waals surface area contributed by atoms with Gasteiger partial charge in [0.25, 0.3) is 0 Å². The molecule has 0 heterocycles. The Morgan fingerprint density at radius 2 is 0.906 bits per heavy atom. The molecule has 0 aromatic heterocycles. The Labute approximate surface area is 182 Å². The number of fused-ring (bicyclic) bond motifs is 2. The van der Waals surface area contributed by atoms with Crippen molar-refractivity contribution in [2.75, 3.05) is 0 Å². The second kappa shape index (κ2) is 6.99. The molecule has 0 aliphatic heterocycles. The maximum Gasteiger partial charge on any atom is 0.195 e. The highest BCUT2D eigenvalue weighted by atomic mass is 16.3. The van der Waals surface area contributed by atoms with Gasteiger partial charge in [-0.15, -0.1) is 0 Å². The summed E-state index contributed by atoms with van der Waals surface area (Å²) >= 11 is 0. The molecule has 6 heteroatoms. The van der Waals surface area contributed by atoms with E-state index in [1.54, 1.807) is 36.4 Å². The van der Waals surface area contributed by atoms with E-state index in [0.29, 0.717) is 5.56 Å². The molecule has 5 rings (SSSR count). The van der Waals surface area contributed by atoms with Gasteiger partial charge in [-0.2, -0.15) is 0 Å². The number of hydrogen-bond acceptors (Lipinski definition) is 6. The van der Waals surface area contributed by atoms with Crippen LogP contribution in [0.5, 0.6) is 23.0 Å². The molecular weight excluding hydrogens is 408 g/mol. The standard InChI is InChI=1S/C26H16O6/c27-19-9-3-7-14(24(19)30)13-11-12-18-22(21(13)17-8-4-10-20(28)25(17)31)26(32)16-6-2-1-5-15(16)23(18)29/h1-12,27-28,30-31H. The van der Waals surface area contributed by atoms with Gasteiger partial charge in [-0.25, -0.2) is 0 Å². The zero-order valence-corrected chi connectivity index (χ0v) is 16.5. The van der Waals surface area contributed by atoms with Gasteiger partial charge in [0.05, 0.1) is 0 Å². The molecule has 4 aromatic carbocycles. The summed E-state index contributed by atoms with van der Waals surface area (Å²) in [5.74, 6) is -2.42. The number of aromatic hydroxyl groups is 4. The topological polar surface area (TPSA) is 115 Å². The summed E-state index contributed by atoms with van der Waals surface area (Å²) in [6, 6.07) is 18.2. The van der Waals surface area contributed by atoms with Crippen LogP contribution in [0.15, 0.2) is 72.8 Å². The van der Waals surface area contributed by atoms with Crippen molar-refractivity contribution in [1.82, 2.24) is 0 Å². The van der Waals surface area contributed by atoms with E-state index in [9.17, 15) is 30.0 Å². The van der Waals surface area contributed by atoms with Gasteiger partial charge in [-0.1, -0.05) is 54.6 Å². The lowest BCUT2D eigenvalue weighted by Gasteiger charge is -2.23. The van der Waals surface area contributed by atoms with Crippen LogP contribution in [0.4, 0.5) is 0 Å². The predicted molar refractivity (Wildman–Crippen MR) is 117 cm³/mol.